The van der Waals surface area contributed by atoms with Gasteiger partial charge in [-0.2, -0.15) is 0 Å². The summed E-state index contributed by atoms with van der Waals surface area (Å²) in [4.78, 5) is 39.6. The van der Waals surface area contributed by atoms with Gasteiger partial charge in [0.15, 0.2) is 11.5 Å². The van der Waals surface area contributed by atoms with Crippen LogP contribution in [0.4, 0.5) is 10.5 Å². The average Bonchev–Trinajstić information content (AvgIpc) is 2.98. The molecule has 1 aliphatic heterocycles. The number of carbonyl (C=O) groups is 3. The Hall–Kier alpha value is -5.08. The Balaban J connectivity index is 1.31. The second-order valence-electron chi connectivity index (χ2n) is 9.52. The highest BCUT2D eigenvalue weighted by atomic mass is 35.5. The fourth-order valence-electron chi connectivity index (χ4n) is 4.38. The molecule has 5 rings (SSSR count). The SMILES string of the molecule is COc1cc(/C=C2\C(=O)NC(=O)N(c3ccc(OCc4ccccc4Cl)cc3)C2=O)ccc1OCc1cccc(C)c1. The van der Waals surface area contributed by atoms with E-state index < -0.39 is 17.8 Å². The van der Waals surface area contributed by atoms with Crippen molar-refractivity contribution in [3.8, 4) is 17.2 Å². The topological polar surface area (TPSA) is 94.2 Å². The van der Waals surface area contributed by atoms with E-state index in [9.17, 15) is 14.4 Å². The number of urea groups is 1. The third-order valence-corrected chi connectivity index (χ3v) is 6.89. The number of imide groups is 2. The van der Waals surface area contributed by atoms with E-state index in [1.54, 1.807) is 48.5 Å². The third kappa shape index (κ3) is 6.45. The molecule has 8 nitrogen and oxygen atoms in total. The van der Waals surface area contributed by atoms with Gasteiger partial charge in [0.2, 0.25) is 0 Å². The molecule has 0 aliphatic carbocycles. The van der Waals surface area contributed by atoms with Crippen LogP contribution in [-0.2, 0) is 22.8 Å². The van der Waals surface area contributed by atoms with Crippen LogP contribution in [0.1, 0.15) is 22.3 Å². The summed E-state index contributed by atoms with van der Waals surface area (Å²) >= 11 is 6.18. The van der Waals surface area contributed by atoms with E-state index in [0.717, 1.165) is 21.6 Å². The number of anilines is 1. The number of ether oxygens (including phenoxy) is 3. The molecule has 42 heavy (non-hydrogen) atoms. The highest BCUT2D eigenvalue weighted by Crippen LogP contribution is 2.31. The fraction of sp³-hybridized carbons (Fsp3) is 0.121. The Kier molecular flexibility index (Phi) is 8.55. The minimum absolute atomic E-state index is 0.205. The van der Waals surface area contributed by atoms with Gasteiger partial charge in [-0.05, 0) is 66.6 Å². The maximum atomic E-state index is 13.4. The Morgan fingerprint density at radius 3 is 2.36 bits per heavy atom. The lowest BCUT2D eigenvalue weighted by molar-refractivity contribution is -0.122. The molecule has 0 radical (unpaired) electrons. The number of carbonyl (C=O) groups excluding carboxylic acids is 3. The van der Waals surface area contributed by atoms with Gasteiger partial charge < -0.3 is 14.2 Å². The molecule has 4 amide bonds. The standard InChI is InChI=1S/C33H27ClN2O6/c1-21-6-5-7-23(16-21)19-42-29-15-10-22(18-30(29)40-2)17-27-31(37)35-33(39)36(32(27)38)25-11-13-26(14-12-25)41-20-24-8-3-4-9-28(24)34/h3-18H,19-20H2,1-2H3,(H,35,37,39)/b27-17+. The number of benzene rings is 4. The Labute approximate surface area is 248 Å². The van der Waals surface area contributed by atoms with Crippen LogP contribution in [0.5, 0.6) is 17.2 Å². The second kappa shape index (κ2) is 12.6. The van der Waals surface area contributed by atoms with Gasteiger partial charge in [-0.15, -0.1) is 0 Å². The maximum Gasteiger partial charge on any atom is 0.335 e. The van der Waals surface area contributed by atoms with Crippen LogP contribution in [0.3, 0.4) is 0 Å². The number of rotatable bonds is 9. The molecule has 4 aromatic rings. The molecule has 4 aromatic carbocycles. The van der Waals surface area contributed by atoms with Gasteiger partial charge in [0.1, 0.15) is 24.5 Å². The Bertz CT molecular complexity index is 1680. The fourth-order valence-corrected chi connectivity index (χ4v) is 4.57. The summed E-state index contributed by atoms with van der Waals surface area (Å²) in [7, 11) is 1.51. The number of barbiturate groups is 1. The van der Waals surface area contributed by atoms with Gasteiger partial charge in [-0.3, -0.25) is 14.9 Å². The van der Waals surface area contributed by atoms with Crippen LogP contribution in [0, 0.1) is 6.92 Å². The monoisotopic (exact) mass is 582 g/mol. The lowest BCUT2D eigenvalue weighted by atomic mass is 10.1. The summed E-state index contributed by atoms with van der Waals surface area (Å²) in [6, 6.07) is 25.9. The van der Waals surface area contributed by atoms with Crippen molar-refractivity contribution < 1.29 is 28.6 Å². The van der Waals surface area contributed by atoms with E-state index >= 15 is 0 Å². The first-order chi connectivity index (χ1) is 20.3. The average molecular weight is 583 g/mol. The molecule has 212 valence electrons. The number of amides is 4. The second-order valence-corrected chi connectivity index (χ2v) is 9.93. The molecular weight excluding hydrogens is 556 g/mol. The van der Waals surface area contributed by atoms with Crippen molar-refractivity contribution in [2.24, 2.45) is 0 Å². The van der Waals surface area contributed by atoms with Crippen molar-refractivity contribution in [2.75, 3.05) is 12.0 Å². The smallest absolute Gasteiger partial charge is 0.335 e. The molecule has 1 heterocycles. The van der Waals surface area contributed by atoms with Crippen LogP contribution in [0.15, 0.2) is 96.6 Å². The zero-order valence-electron chi connectivity index (χ0n) is 22.9. The maximum absolute atomic E-state index is 13.4. The number of methoxy groups -OCH3 is 1. The van der Waals surface area contributed by atoms with Crippen molar-refractivity contribution in [1.82, 2.24) is 5.32 Å². The molecule has 1 fully saturated rings. The first-order valence-corrected chi connectivity index (χ1v) is 13.4. The molecular formula is C33H27ClN2O6. The van der Waals surface area contributed by atoms with E-state index in [1.165, 1.54) is 13.2 Å². The molecule has 0 aromatic heterocycles. The number of hydrogen-bond acceptors (Lipinski definition) is 6. The molecule has 9 heteroatoms. The molecule has 0 spiro atoms. The summed E-state index contributed by atoms with van der Waals surface area (Å²) in [6.07, 6.45) is 1.41. The highest BCUT2D eigenvalue weighted by Gasteiger charge is 2.36. The van der Waals surface area contributed by atoms with E-state index in [0.29, 0.717) is 34.4 Å². The van der Waals surface area contributed by atoms with Crippen LogP contribution < -0.4 is 24.4 Å². The third-order valence-electron chi connectivity index (χ3n) is 6.52. The van der Waals surface area contributed by atoms with Gasteiger partial charge in [0.05, 0.1) is 12.8 Å². The van der Waals surface area contributed by atoms with Gasteiger partial charge in [0.25, 0.3) is 11.8 Å². The summed E-state index contributed by atoms with van der Waals surface area (Å²) < 4.78 is 17.2. The van der Waals surface area contributed by atoms with Crippen molar-refractivity contribution >= 4 is 41.2 Å². The predicted octanol–water partition coefficient (Wildman–Crippen LogP) is 6.48. The molecule has 0 bridgehead atoms. The van der Waals surface area contributed by atoms with Crippen LogP contribution in [0.2, 0.25) is 5.02 Å². The van der Waals surface area contributed by atoms with Crippen molar-refractivity contribution in [2.45, 2.75) is 20.1 Å². The minimum atomic E-state index is -0.843. The lowest BCUT2D eigenvalue weighted by Crippen LogP contribution is -2.54. The summed E-state index contributed by atoms with van der Waals surface area (Å²) in [6.45, 7) is 2.61. The first kappa shape index (κ1) is 28.4. The molecule has 0 unspecified atom stereocenters. The van der Waals surface area contributed by atoms with Gasteiger partial charge in [0, 0.05) is 10.6 Å². The molecule has 1 saturated heterocycles. The van der Waals surface area contributed by atoms with Crippen LogP contribution in [0.25, 0.3) is 6.08 Å². The van der Waals surface area contributed by atoms with Crippen molar-refractivity contribution in [1.29, 1.82) is 0 Å². The Morgan fingerprint density at radius 1 is 0.833 bits per heavy atom. The minimum Gasteiger partial charge on any atom is -0.493 e. The number of aryl methyl sites for hydroxylation is 1. The largest absolute Gasteiger partial charge is 0.493 e. The van der Waals surface area contributed by atoms with Crippen LogP contribution in [-0.4, -0.2) is 25.0 Å². The molecule has 0 atom stereocenters. The zero-order valence-corrected chi connectivity index (χ0v) is 23.7. The highest BCUT2D eigenvalue weighted by molar-refractivity contribution is 6.39. The van der Waals surface area contributed by atoms with E-state index in [-0.39, 0.29) is 17.9 Å². The number of hydrogen-bond donors (Lipinski definition) is 1. The summed E-state index contributed by atoms with van der Waals surface area (Å²) in [5.74, 6) is -0.0886. The van der Waals surface area contributed by atoms with E-state index in [2.05, 4.69) is 5.32 Å². The van der Waals surface area contributed by atoms with Crippen molar-refractivity contribution in [3.05, 3.63) is 124 Å². The quantitative estimate of drug-likeness (QED) is 0.179. The predicted molar refractivity (Wildman–Crippen MR) is 160 cm³/mol. The van der Waals surface area contributed by atoms with Gasteiger partial charge in [-0.25, -0.2) is 9.69 Å². The van der Waals surface area contributed by atoms with Crippen LogP contribution >= 0.6 is 11.6 Å². The zero-order chi connectivity index (χ0) is 29.6. The molecule has 0 saturated carbocycles. The van der Waals surface area contributed by atoms with E-state index in [4.69, 9.17) is 25.8 Å². The van der Waals surface area contributed by atoms with Gasteiger partial charge in [-0.1, -0.05) is 65.7 Å². The molecule has 1 N–H and O–H groups in total. The van der Waals surface area contributed by atoms with E-state index in [1.807, 2.05) is 49.4 Å². The lowest BCUT2D eigenvalue weighted by Gasteiger charge is -2.26. The first-order valence-electron chi connectivity index (χ1n) is 13.1. The normalized spacial score (nSPS) is 14.1. The number of nitrogens with one attached hydrogen (secondary N) is 1. The summed E-state index contributed by atoms with van der Waals surface area (Å²) in [5.41, 5.74) is 3.56. The summed E-state index contributed by atoms with van der Waals surface area (Å²) in [5, 5.41) is 2.83. The number of halogens is 1. The van der Waals surface area contributed by atoms with Crippen molar-refractivity contribution in [3.63, 3.8) is 0 Å². The Morgan fingerprint density at radius 2 is 1.62 bits per heavy atom. The molecule has 1 aliphatic rings. The number of nitrogens with zero attached hydrogens (tertiary/aromatic N) is 1. The van der Waals surface area contributed by atoms with Gasteiger partial charge >= 0.3 is 6.03 Å².